The van der Waals surface area contributed by atoms with Gasteiger partial charge in [0.1, 0.15) is 11.5 Å². The highest BCUT2D eigenvalue weighted by Gasteiger charge is 2.06. The van der Waals surface area contributed by atoms with Gasteiger partial charge < -0.3 is 14.2 Å². The molecule has 0 atom stereocenters. The van der Waals surface area contributed by atoms with Crippen molar-refractivity contribution < 1.29 is 19.0 Å². The van der Waals surface area contributed by atoms with E-state index in [9.17, 15) is 4.79 Å². The quantitative estimate of drug-likeness (QED) is 0.203. The van der Waals surface area contributed by atoms with Gasteiger partial charge in [-0.15, -0.1) is 0 Å². The molecule has 0 aliphatic heterocycles. The summed E-state index contributed by atoms with van der Waals surface area (Å²) in [4.78, 5) is 15.8. The van der Waals surface area contributed by atoms with Crippen molar-refractivity contribution in [2.75, 3.05) is 19.8 Å². The Morgan fingerprint density at radius 2 is 1.21 bits per heavy atom. The fourth-order valence-corrected chi connectivity index (χ4v) is 3.37. The summed E-state index contributed by atoms with van der Waals surface area (Å²) < 4.78 is 16.8. The van der Waals surface area contributed by atoms with E-state index in [2.05, 4.69) is 24.0 Å². The zero-order valence-electron chi connectivity index (χ0n) is 19.4. The van der Waals surface area contributed by atoms with Crippen LogP contribution < -0.4 is 9.47 Å². The first-order chi connectivity index (χ1) is 16.3. The molecule has 3 aromatic rings. The van der Waals surface area contributed by atoms with Crippen LogP contribution in [0.25, 0.3) is 11.1 Å². The van der Waals surface area contributed by atoms with Crippen LogP contribution in [0.5, 0.6) is 11.5 Å². The molecule has 0 N–H and O–H groups in total. The third-order valence-corrected chi connectivity index (χ3v) is 5.27. The Bertz CT molecular complexity index is 940. The average molecular weight is 448 g/mol. The van der Waals surface area contributed by atoms with E-state index in [1.807, 2.05) is 36.4 Å². The predicted octanol–water partition coefficient (Wildman–Crippen LogP) is 6.72. The van der Waals surface area contributed by atoms with Crippen LogP contribution >= 0.6 is 0 Å². The van der Waals surface area contributed by atoms with Gasteiger partial charge in [0.05, 0.1) is 25.4 Å². The third-order valence-electron chi connectivity index (χ3n) is 5.27. The molecule has 0 fully saturated rings. The van der Waals surface area contributed by atoms with Crippen molar-refractivity contribution in [1.29, 1.82) is 0 Å². The molecule has 33 heavy (non-hydrogen) atoms. The fraction of sp³-hybridized carbons (Fsp3) is 0.357. The number of carbonyl (C=O) groups excluding carboxylic acids is 1. The lowest BCUT2D eigenvalue weighted by Gasteiger charge is -2.09. The van der Waals surface area contributed by atoms with Crippen LogP contribution in [-0.4, -0.2) is 30.8 Å². The molecule has 0 radical (unpaired) electrons. The number of pyridine rings is 1. The molecule has 1 heterocycles. The second-order valence-electron chi connectivity index (χ2n) is 7.89. The van der Waals surface area contributed by atoms with Crippen LogP contribution in [0.15, 0.2) is 73.1 Å². The maximum absolute atomic E-state index is 11.9. The molecule has 1 aromatic heterocycles. The maximum atomic E-state index is 11.9. The van der Waals surface area contributed by atoms with Crippen LogP contribution in [0.1, 0.15) is 55.8 Å². The Kier molecular flexibility index (Phi) is 10.3. The van der Waals surface area contributed by atoms with Crippen molar-refractivity contribution in [3.05, 3.63) is 78.6 Å². The summed E-state index contributed by atoms with van der Waals surface area (Å²) in [5.74, 6) is 1.37. The monoisotopic (exact) mass is 447 g/mol. The number of carbonyl (C=O) groups is 1. The van der Waals surface area contributed by atoms with E-state index >= 15 is 0 Å². The Hall–Kier alpha value is -3.34. The van der Waals surface area contributed by atoms with Crippen LogP contribution in [0.2, 0.25) is 0 Å². The highest BCUT2D eigenvalue weighted by molar-refractivity contribution is 5.89. The molecular formula is C28H33NO4. The first-order valence-electron chi connectivity index (χ1n) is 11.8. The molecular weight excluding hydrogens is 414 g/mol. The Morgan fingerprint density at radius 3 is 1.79 bits per heavy atom. The van der Waals surface area contributed by atoms with E-state index < -0.39 is 0 Å². The van der Waals surface area contributed by atoms with Gasteiger partial charge in [-0.05, 0) is 53.9 Å². The molecule has 0 bridgehead atoms. The van der Waals surface area contributed by atoms with E-state index in [4.69, 9.17) is 14.2 Å². The number of rotatable bonds is 14. The minimum atomic E-state index is -0.342. The van der Waals surface area contributed by atoms with Crippen molar-refractivity contribution in [2.45, 2.75) is 45.4 Å². The molecule has 5 nitrogen and oxygen atoms in total. The molecule has 3 rings (SSSR count). The molecule has 0 unspecified atom stereocenters. The summed E-state index contributed by atoms with van der Waals surface area (Å²) in [5, 5.41) is 0. The topological polar surface area (TPSA) is 57.7 Å². The SMILES string of the molecule is CCCCCCCOc1ccc(-c2ccc(OCCCOC(=O)c3ccncc3)cc2)cc1. The van der Waals surface area contributed by atoms with Crippen molar-refractivity contribution in [3.63, 3.8) is 0 Å². The number of hydrogen-bond acceptors (Lipinski definition) is 5. The normalized spacial score (nSPS) is 10.6. The number of benzene rings is 2. The summed E-state index contributed by atoms with van der Waals surface area (Å²) in [7, 11) is 0. The summed E-state index contributed by atoms with van der Waals surface area (Å²) >= 11 is 0. The van der Waals surface area contributed by atoms with Crippen LogP contribution in [-0.2, 0) is 4.74 Å². The number of ether oxygens (including phenoxy) is 3. The molecule has 0 saturated carbocycles. The predicted molar refractivity (Wildman–Crippen MR) is 131 cm³/mol. The lowest BCUT2D eigenvalue weighted by molar-refractivity contribution is 0.0486. The van der Waals surface area contributed by atoms with Gasteiger partial charge >= 0.3 is 5.97 Å². The number of unbranched alkanes of at least 4 members (excludes halogenated alkanes) is 4. The molecule has 174 valence electrons. The van der Waals surface area contributed by atoms with Crippen LogP contribution in [0.4, 0.5) is 0 Å². The maximum Gasteiger partial charge on any atom is 0.338 e. The lowest BCUT2D eigenvalue weighted by Crippen LogP contribution is -2.09. The fourth-order valence-electron chi connectivity index (χ4n) is 3.37. The van der Waals surface area contributed by atoms with Crippen LogP contribution in [0.3, 0.4) is 0 Å². The highest BCUT2D eigenvalue weighted by Crippen LogP contribution is 2.25. The minimum absolute atomic E-state index is 0.312. The summed E-state index contributed by atoms with van der Waals surface area (Å²) in [6.07, 6.45) is 9.97. The molecule has 0 aliphatic carbocycles. The molecule has 5 heteroatoms. The Balaban J connectivity index is 1.35. The van der Waals surface area contributed by atoms with E-state index in [-0.39, 0.29) is 5.97 Å². The van der Waals surface area contributed by atoms with Crippen molar-refractivity contribution in [1.82, 2.24) is 4.98 Å². The summed E-state index contributed by atoms with van der Waals surface area (Å²) in [5.41, 5.74) is 2.77. The number of esters is 1. The minimum Gasteiger partial charge on any atom is -0.494 e. The zero-order valence-corrected chi connectivity index (χ0v) is 19.4. The Labute approximate surface area is 196 Å². The largest absolute Gasteiger partial charge is 0.494 e. The van der Waals surface area contributed by atoms with E-state index in [0.717, 1.165) is 35.7 Å². The van der Waals surface area contributed by atoms with Crippen molar-refractivity contribution in [3.8, 4) is 22.6 Å². The second kappa shape index (κ2) is 13.9. The summed E-state index contributed by atoms with van der Waals surface area (Å²) in [6, 6.07) is 19.5. The zero-order chi connectivity index (χ0) is 23.1. The van der Waals surface area contributed by atoms with Gasteiger partial charge in [-0.2, -0.15) is 0 Å². The highest BCUT2D eigenvalue weighted by atomic mass is 16.5. The van der Waals surface area contributed by atoms with Crippen LogP contribution in [0, 0.1) is 0 Å². The molecule has 0 aliphatic rings. The first kappa shape index (κ1) is 24.3. The van der Waals surface area contributed by atoms with Gasteiger partial charge in [0.15, 0.2) is 0 Å². The second-order valence-corrected chi connectivity index (χ2v) is 7.89. The molecule has 0 saturated heterocycles. The third kappa shape index (κ3) is 8.60. The van der Waals surface area contributed by atoms with Gasteiger partial charge in [-0.25, -0.2) is 4.79 Å². The smallest absolute Gasteiger partial charge is 0.338 e. The van der Waals surface area contributed by atoms with E-state index in [0.29, 0.717) is 25.2 Å². The molecule has 0 amide bonds. The van der Waals surface area contributed by atoms with Gasteiger partial charge in [-0.3, -0.25) is 4.98 Å². The first-order valence-corrected chi connectivity index (χ1v) is 11.8. The van der Waals surface area contributed by atoms with Gasteiger partial charge in [-0.1, -0.05) is 56.9 Å². The van der Waals surface area contributed by atoms with Gasteiger partial charge in [0.25, 0.3) is 0 Å². The Morgan fingerprint density at radius 1 is 0.667 bits per heavy atom. The molecule has 0 spiro atoms. The van der Waals surface area contributed by atoms with E-state index in [1.165, 1.54) is 25.7 Å². The number of aromatic nitrogens is 1. The molecule has 2 aromatic carbocycles. The summed E-state index contributed by atoms with van der Waals surface area (Å²) in [6.45, 7) is 3.80. The number of nitrogens with zero attached hydrogens (tertiary/aromatic N) is 1. The van der Waals surface area contributed by atoms with Crippen molar-refractivity contribution in [2.24, 2.45) is 0 Å². The number of hydrogen-bond donors (Lipinski definition) is 0. The lowest BCUT2D eigenvalue weighted by atomic mass is 10.1. The van der Waals surface area contributed by atoms with Gasteiger partial charge in [0.2, 0.25) is 0 Å². The standard InChI is InChI=1S/C28H33NO4/c1-2-3-4-5-6-20-31-26-12-8-23(9-13-26)24-10-14-27(15-11-24)32-21-7-22-33-28(30)25-16-18-29-19-17-25/h8-19H,2-7,20-22H2,1H3. The van der Waals surface area contributed by atoms with Gasteiger partial charge in [0, 0.05) is 18.8 Å². The van der Waals surface area contributed by atoms with Crippen molar-refractivity contribution >= 4 is 5.97 Å². The average Bonchev–Trinajstić information content (AvgIpc) is 2.87. The van der Waals surface area contributed by atoms with E-state index in [1.54, 1.807) is 24.5 Å².